The van der Waals surface area contributed by atoms with E-state index in [-0.39, 0.29) is 0 Å². The van der Waals surface area contributed by atoms with Crippen molar-refractivity contribution in [1.82, 2.24) is 0 Å². The van der Waals surface area contributed by atoms with E-state index in [0.29, 0.717) is 0 Å². The zero-order valence-corrected chi connectivity index (χ0v) is 17.3. The molecule has 0 unspecified atom stereocenters. The van der Waals surface area contributed by atoms with E-state index in [2.05, 4.69) is 89.7 Å². The molecule has 31 heavy (non-hydrogen) atoms. The van der Waals surface area contributed by atoms with Crippen molar-refractivity contribution in [1.29, 1.82) is 0 Å². The van der Waals surface area contributed by atoms with Crippen molar-refractivity contribution in [3.05, 3.63) is 131 Å². The molecule has 0 amide bonds. The van der Waals surface area contributed by atoms with Gasteiger partial charge in [0.1, 0.15) is 11.5 Å². The predicted molar refractivity (Wildman–Crippen MR) is 128 cm³/mol. The van der Waals surface area contributed by atoms with Gasteiger partial charge in [-0.25, -0.2) is 4.58 Å². The van der Waals surface area contributed by atoms with Gasteiger partial charge in [-0.1, -0.05) is 91.0 Å². The lowest BCUT2D eigenvalue weighted by Gasteiger charge is -2.15. The van der Waals surface area contributed by atoms with Gasteiger partial charge in [-0.05, 0) is 41.0 Å². The molecular weight excluding hydrogens is 378 g/mol. The van der Waals surface area contributed by atoms with Crippen LogP contribution >= 0.6 is 0 Å². The smallest absolute Gasteiger partial charge is 0.201 e. The third-order valence-electron chi connectivity index (χ3n) is 5.31. The molecule has 4 aromatic rings. The topological polar surface area (TPSA) is 12.2 Å². The van der Waals surface area contributed by atoms with Gasteiger partial charge in [0.15, 0.2) is 6.21 Å². The van der Waals surface area contributed by atoms with Crippen LogP contribution in [0.1, 0.15) is 22.3 Å². The van der Waals surface area contributed by atoms with Crippen molar-refractivity contribution in [3.63, 3.8) is 0 Å². The first-order chi connectivity index (χ1) is 15.4. The molecule has 1 fully saturated rings. The molecule has 5 rings (SSSR count). The number of nitrogens with zero attached hydrogens (tertiary/aromatic N) is 1. The molecule has 1 saturated heterocycles. The Kier molecular flexibility index (Phi) is 5.44. The summed E-state index contributed by atoms with van der Waals surface area (Å²) in [5.74, 6) is 1.72. The first-order valence-electron chi connectivity index (χ1n) is 10.6. The zero-order chi connectivity index (χ0) is 20.9. The molecule has 2 heteroatoms. The van der Waals surface area contributed by atoms with Crippen molar-refractivity contribution in [2.75, 3.05) is 13.1 Å². The summed E-state index contributed by atoms with van der Waals surface area (Å²) in [5.41, 5.74) is 5.62. The normalized spacial score (nSPS) is 13.0. The average molecular weight is 403 g/mol. The summed E-state index contributed by atoms with van der Waals surface area (Å²) >= 11 is 0. The Labute approximate surface area is 183 Å². The van der Waals surface area contributed by atoms with E-state index in [1.807, 2.05) is 36.4 Å². The van der Waals surface area contributed by atoms with Crippen LogP contribution in [0.4, 0.5) is 0 Å². The van der Waals surface area contributed by atoms with E-state index in [1.165, 1.54) is 0 Å². The fourth-order valence-electron chi connectivity index (χ4n) is 3.61. The fraction of sp³-hybridized carbons (Fsp3) is 0.0690. The summed E-state index contributed by atoms with van der Waals surface area (Å²) in [5, 5.41) is 0. The molecule has 0 saturated carbocycles. The number of hydrogen-bond donors (Lipinski definition) is 0. The van der Waals surface area contributed by atoms with Crippen LogP contribution in [0.25, 0.3) is 11.6 Å². The first kappa shape index (κ1) is 19.1. The van der Waals surface area contributed by atoms with Gasteiger partial charge in [-0.3, -0.25) is 0 Å². The van der Waals surface area contributed by atoms with Crippen LogP contribution in [0.3, 0.4) is 0 Å². The second kappa shape index (κ2) is 8.85. The molecule has 0 N–H and O–H groups in total. The van der Waals surface area contributed by atoms with E-state index in [0.717, 1.165) is 52.4 Å². The van der Waals surface area contributed by atoms with E-state index in [1.54, 1.807) is 0 Å². The molecule has 1 aliphatic rings. The largest absolute Gasteiger partial charge is 0.456 e. The van der Waals surface area contributed by atoms with Crippen LogP contribution in [0.2, 0.25) is 0 Å². The average Bonchev–Trinajstić information content (AvgIpc) is 3.65. The highest BCUT2D eigenvalue weighted by Gasteiger charge is 2.21. The summed E-state index contributed by atoms with van der Waals surface area (Å²) in [6.45, 7) is 2.23. The maximum Gasteiger partial charge on any atom is 0.201 e. The predicted octanol–water partition coefficient (Wildman–Crippen LogP) is 6.51. The highest BCUT2D eigenvalue weighted by molar-refractivity contribution is 5.93. The van der Waals surface area contributed by atoms with Gasteiger partial charge in [0.05, 0.1) is 5.56 Å². The van der Waals surface area contributed by atoms with Crippen molar-refractivity contribution >= 4 is 17.9 Å². The van der Waals surface area contributed by atoms with Crippen LogP contribution in [0.15, 0.2) is 109 Å². The Morgan fingerprint density at radius 3 is 2.00 bits per heavy atom. The molecular formula is C29H24NO+. The van der Waals surface area contributed by atoms with Crippen LogP contribution in [0, 0.1) is 0 Å². The molecule has 0 aromatic heterocycles. The SMILES string of the molecule is C(c1ccccc1Oc1ccccc1/C(=C/c1ccccc1)c1ccccc1)=[N+]1CC1. The highest BCUT2D eigenvalue weighted by atomic mass is 16.5. The van der Waals surface area contributed by atoms with E-state index in [9.17, 15) is 0 Å². The standard InChI is InChI=1S/C29H24NO/c1-3-11-23(12-4-1)21-27(24-13-5-2-6-14-24)26-16-8-10-18-29(26)31-28-17-9-7-15-25(28)22-30-19-20-30/h1-18,21-22H,19-20H2/q+1/b27-21+. The van der Waals surface area contributed by atoms with Gasteiger partial charge in [0, 0.05) is 5.56 Å². The minimum Gasteiger partial charge on any atom is -0.456 e. The molecule has 150 valence electrons. The van der Waals surface area contributed by atoms with E-state index < -0.39 is 0 Å². The van der Waals surface area contributed by atoms with E-state index in [4.69, 9.17) is 4.74 Å². The first-order valence-corrected chi connectivity index (χ1v) is 10.6. The third kappa shape index (κ3) is 4.65. The fourth-order valence-corrected chi connectivity index (χ4v) is 3.61. The highest BCUT2D eigenvalue weighted by Crippen LogP contribution is 2.36. The molecule has 1 heterocycles. The minimum atomic E-state index is 0.847. The van der Waals surface area contributed by atoms with Crippen LogP contribution in [-0.4, -0.2) is 23.9 Å². The summed E-state index contributed by atoms with van der Waals surface area (Å²) in [4.78, 5) is 0. The monoisotopic (exact) mass is 402 g/mol. The molecule has 0 atom stereocenters. The lowest BCUT2D eigenvalue weighted by Crippen LogP contribution is -1.97. The number of hydrogen-bond acceptors (Lipinski definition) is 1. The van der Waals surface area contributed by atoms with E-state index >= 15 is 0 Å². The van der Waals surface area contributed by atoms with Crippen LogP contribution in [-0.2, 0) is 0 Å². The zero-order valence-electron chi connectivity index (χ0n) is 17.3. The minimum absolute atomic E-state index is 0.847. The number of benzene rings is 4. The Morgan fingerprint density at radius 1 is 0.645 bits per heavy atom. The van der Waals surface area contributed by atoms with Gasteiger partial charge in [0.25, 0.3) is 0 Å². The Balaban J connectivity index is 1.60. The number of rotatable bonds is 6. The van der Waals surface area contributed by atoms with Crippen molar-refractivity contribution < 1.29 is 9.31 Å². The second-order valence-electron chi connectivity index (χ2n) is 7.64. The maximum absolute atomic E-state index is 6.51. The Bertz CT molecular complexity index is 1230. The molecule has 0 radical (unpaired) electrons. The summed E-state index contributed by atoms with van der Waals surface area (Å²) in [6.07, 6.45) is 4.40. The van der Waals surface area contributed by atoms with Crippen LogP contribution < -0.4 is 4.74 Å². The summed E-state index contributed by atoms with van der Waals surface area (Å²) in [6, 6.07) is 37.4. The van der Waals surface area contributed by atoms with Crippen molar-refractivity contribution in [2.24, 2.45) is 0 Å². The van der Waals surface area contributed by atoms with Crippen LogP contribution in [0.5, 0.6) is 11.5 Å². The third-order valence-corrected chi connectivity index (χ3v) is 5.31. The quantitative estimate of drug-likeness (QED) is 0.203. The Morgan fingerprint density at radius 2 is 1.26 bits per heavy atom. The number of para-hydroxylation sites is 2. The molecule has 0 bridgehead atoms. The van der Waals surface area contributed by atoms with Crippen molar-refractivity contribution in [3.8, 4) is 11.5 Å². The molecule has 4 aromatic carbocycles. The maximum atomic E-state index is 6.51. The molecule has 1 aliphatic heterocycles. The summed E-state index contributed by atoms with van der Waals surface area (Å²) < 4.78 is 8.79. The second-order valence-corrected chi connectivity index (χ2v) is 7.64. The molecule has 0 spiro atoms. The summed E-state index contributed by atoms with van der Waals surface area (Å²) in [7, 11) is 0. The van der Waals surface area contributed by atoms with Gasteiger partial charge in [0.2, 0.25) is 13.1 Å². The van der Waals surface area contributed by atoms with Gasteiger partial charge >= 0.3 is 0 Å². The number of ether oxygens (including phenoxy) is 1. The Hall–Kier alpha value is -3.91. The van der Waals surface area contributed by atoms with Gasteiger partial charge < -0.3 is 4.74 Å². The molecule has 2 nitrogen and oxygen atoms in total. The van der Waals surface area contributed by atoms with Gasteiger partial charge in [-0.2, -0.15) is 0 Å². The van der Waals surface area contributed by atoms with Gasteiger partial charge in [-0.15, -0.1) is 0 Å². The lowest BCUT2D eigenvalue weighted by molar-refractivity contribution is -0.329. The lowest BCUT2D eigenvalue weighted by atomic mass is 9.95. The van der Waals surface area contributed by atoms with Crippen molar-refractivity contribution in [2.45, 2.75) is 0 Å². The molecule has 0 aliphatic carbocycles.